The molecule has 0 aliphatic heterocycles. The Morgan fingerprint density at radius 2 is 1.67 bits per heavy atom. The van der Waals surface area contributed by atoms with Crippen LogP contribution in [0.5, 0.6) is 0 Å². The number of hydrogen-bond acceptors (Lipinski definition) is 3. The first-order valence-electron chi connectivity index (χ1n) is 4.90. The highest BCUT2D eigenvalue weighted by Gasteiger charge is 2.22. The van der Waals surface area contributed by atoms with E-state index < -0.39 is 0 Å². The maximum atomic E-state index is 10.6. The quantitative estimate of drug-likeness (QED) is 0.593. The van der Waals surface area contributed by atoms with E-state index in [9.17, 15) is 4.79 Å². The molecule has 0 N–H and O–H groups in total. The Morgan fingerprint density at radius 1 is 1.13 bits per heavy atom. The van der Waals surface area contributed by atoms with Gasteiger partial charge in [-0.2, -0.15) is 0 Å². The van der Waals surface area contributed by atoms with Crippen molar-refractivity contribution < 1.29 is 4.79 Å². The van der Waals surface area contributed by atoms with Crippen LogP contribution >= 0.6 is 23.2 Å². The van der Waals surface area contributed by atoms with Gasteiger partial charge in [0.2, 0.25) is 0 Å². The van der Waals surface area contributed by atoms with E-state index in [-0.39, 0.29) is 15.9 Å². The summed E-state index contributed by atoms with van der Waals surface area (Å²) in [6.07, 6.45) is 5.13. The summed E-state index contributed by atoms with van der Waals surface area (Å²) < 4.78 is 0. The second-order valence-electron chi connectivity index (χ2n) is 3.68. The molecule has 1 aromatic heterocycles. The third-order valence-corrected chi connectivity index (χ3v) is 3.28. The van der Waals surface area contributed by atoms with Crippen LogP contribution in [0.25, 0.3) is 0 Å². The first kappa shape index (κ1) is 10.8. The van der Waals surface area contributed by atoms with Gasteiger partial charge in [-0.1, -0.05) is 36.0 Å². The Balaban J connectivity index is 2.37. The fourth-order valence-corrected chi connectivity index (χ4v) is 2.39. The van der Waals surface area contributed by atoms with Gasteiger partial charge in [-0.25, -0.2) is 9.97 Å². The molecule has 1 heterocycles. The minimum absolute atomic E-state index is 0.159. The van der Waals surface area contributed by atoms with Gasteiger partial charge in [0, 0.05) is 5.92 Å². The lowest BCUT2D eigenvalue weighted by molar-refractivity contribution is 0.112. The summed E-state index contributed by atoms with van der Waals surface area (Å²) in [5.74, 6) is 1.02. The summed E-state index contributed by atoms with van der Waals surface area (Å²) >= 11 is 11.7. The Bertz CT molecular complexity index is 366. The van der Waals surface area contributed by atoms with E-state index in [1.807, 2.05) is 0 Å². The number of rotatable bonds is 2. The molecule has 1 fully saturated rings. The van der Waals surface area contributed by atoms with Crippen LogP contribution < -0.4 is 0 Å². The van der Waals surface area contributed by atoms with E-state index in [4.69, 9.17) is 23.2 Å². The third kappa shape index (κ3) is 2.13. The Labute approximate surface area is 97.8 Å². The van der Waals surface area contributed by atoms with Crippen molar-refractivity contribution in [2.75, 3.05) is 0 Å². The lowest BCUT2D eigenvalue weighted by Gasteiger charge is -2.09. The molecule has 0 bridgehead atoms. The van der Waals surface area contributed by atoms with Crippen LogP contribution in [0.4, 0.5) is 0 Å². The highest BCUT2D eigenvalue weighted by atomic mass is 35.5. The molecule has 1 aliphatic rings. The largest absolute Gasteiger partial charge is 0.298 e. The molecular formula is C10H10Cl2N2O. The van der Waals surface area contributed by atoms with Crippen LogP contribution in [-0.2, 0) is 0 Å². The van der Waals surface area contributed by atoms with E-state index >= 15 is 0 Å². The van der Waals surface area contributed by atoms with Gasteiger partial charge in [-0.05, 0) is 12.8 Å². The van der Waals surface area contributed by atoms with Crippen molar-refractivity contribution >= 4 is 29.5 Å². The SMILES string of the molecule is O=Cc1c(Cl)nc(C2CCCC2)nc1Cl. The standard InChI is InChI=1S/C10H10Cl2N2O/c11-8-7(5-15)9(12)14-10(13-8)6-3-1-2-4-6/h5-6H,1-4H2. The van der Waals surface area contributed by atoms with E-state index in [1.54, 1.807) is 0 Å². The lowest BCUT2D eigenvalue weighted by Crippen LogP contribution is -2.03. The summed E-state index contributed by atoms with van der Waals surface area (Å²) in [5, 5.41) is 0.318. The first-order chi connectivity index (χ1) is 7.22. The molecule has 3 nitrogen and oxygen atoms in total. The molecule has 2 rings (SSSR count). The van der Waals surface area contributed by atoms with E-state index in [1.165, 1.54) is 12.8 Å². The summed E-state index contributed by atoms with van der Waals surface area (Å²) in [4.78, 5) is 18.9. The van der Waals surface area contributed by atoms with Crippen LogP contribution in [0.15, 0.2) is 0 Å². The van der Waals surface area contributed by atoms with Crippen LogP contribution in [-0.4, -0.2) is 16.3 Å². The summed E-state index contributed by atoms with van der Waals surface area (Å²) in [5.41, 5.74) is 0.181. The van der Waals surface area contributed by atoms with Crippen molar-refractivity contribution in [3.8, 4) is 0 Å². The first-order valence-corrected chi connectivity index (χ1v) is 5.66. The van der Waals surface area contributed by atoms with Gasteiger partial charge in [-0.3, -0.25) is 4.79 Å². The molecular weight excluding hydrogens is 235 g/mol. The molecule has 5 heteroatoms. The van der Waals surface area contributed by atoms with Crippen molar-refractivity contribution in [3.05, 3.63) is 21.7 Å². The highest BCUT2D eigenvalue weighted by molar-refractivity contribution is 6.36. The zero-order chi connectivity index (χ0) is 10.8. The number of hydrogen-bond donors (Lipinski definition) is 0. The van der Waals surface area contributed by atoms with Gasteiger partial charge in [0.1, 0.15) is 16.1 Å². The molecule has 0 saturated heterocycles. The van der Waals surface area contributed by atoms with Crippen molar-refractivity contribution in [1.29, 1.82) is 0 Å². The number of carbonyl (C=O) groups is 1. The monoisotopic (exact) mass is 244 g/mol. The molecule has 1 aromatic rings. The zero-order valence-electron chi connectivity index (χ0n) is 8.04. The number of halogens is 2. The second kappa shape index (κ2) is 4.45. The van der Waals surface area contributed by atoms with Crippen LogP contribution in [0.2, 0.25) is 10.3 Å². The molecule has 15 heavy (non-hydrogen) atoms. The molecule has 1 aliphatic carbocycles. The molecule has 0 spiro atoms. The minimum Gasteiger partial charge on any atom is -0.298 e. The van der Waals surface area contributed by atoms with Crippen LogP contribution in [0.3, 0.4) is 0 Å². The van der Waals surface area contributed by atoms with Gasteiger partial charge in [0.15, 0.2) is 6.29 Å². The highest BCUT2D eigenvalue weighted by Crippen LogP contribution is 2.33. The maximum Gasteiger partial charge on any atom is 0.156 e. The number of aldehydes is 1. The van der Waals surface area contributed by atoms with Crippen molar-refractivity contribution in [3.63, 3.8) is 0 Å². The van der Waals surface area contributed by atoms with Gasteiger partial charge >= 0.3 is 0 Å². The smallest absolute Gasteiger partial charge is 0.156 e. The van der Waals surface area contributed by atoms with Crippen molar-refractivity contribution in [2.45, 2.75) is 31.6 Å². The van der Waals surface area contributed by atoms with E-state index in [0.717, 1.165) is 12.8 Å². The van der Waals surface area contributed by atoms with Crippen LogP contribution in [0, 0.1) is 0 Å². The van der Waals surface area contributed by atoms with Crippen LogP contribution in [0.1, 0.15) is 47.8 Å². The van der Waals surface area contributed by atoms with Gasteiger partial charge in [0.05, 0.1) is 5.56 Å². The zero-order valence-corrected chi connectivity index (χ0v) is 9.55. The molecule has 0 radical (unpaired) electrons. The van der Waals surface area contributed by atoms with Gasteiger partial charge in [-0.15, -0.1) is 0 Å². The topological polar surface area (TPSA) is 42.9 Å². The summed E-state index contributed by atoms with van der Waals surface area (Å²) in [7, 11) is 0. The lowest BCUT2D eigenvalue weighted by atomic mass is 10.1. The fraction of sp³-hybridized carbons (Fsp3) is 0.500. The minimum atomic E-state index is 0.159. The maximum absolute atomic E-state index is 10.6. The number of nitrogens with zero attached hydrogens (tertiary/aromatic N) is 2. The predicted octanol–water partition coefficient (Wildman–Crippen LogP) is 3.25. The summed E-state index contributed by atoms with van der Waals surface area (Å²) in [6.45, 7) is 0. The second-order valence-corrected chi connectivity index (χ2v) is 4.39. The van der Waals surface area contributed by atoms with Gasteiger partial charge < -0.3 is 0 Å². The predicted molar refractivity (Wildman–Crippen MR) is 58.6 cm³/mol. The molecule has 0 unspecified atom stereocenters. The number of aromatic nitrogens is 2. The average Bonchev–Trinajstić information content (AvgIpc) is 2.69. The normalized spacial score (nSPS) is 16.9. The number of carbonyl (C=O) groups excluding carboxylic acids is 1. The van der Waals surface area contributed by atoms with Crippen molar-refractivity contribution in [1.82, 2.24) is 9.97 Å². The molecule has 80 valence electrons. The fourth-order valence-electron chi connectivity index (χ4n) is 1.90. The van der Waals surface area contributed by atoms with E-state index in [2.05, 4.69) is 9.97 Å². The Morgan fingerprint density at radius 3 is 2.13 bits per heavy atom. The molecule has 1 saturated carbocycles. The van der Waals surface area contributed by atoms with Gasteiger partial charge in [0.25, 0.3) is 0 Å². The third-order valence-electron chi connectivity index (χ3n) is 2.71. The molecule has 0 aromatic carbocycles. The molecule has 0 amide bonds. The Hall–Kier alpha value is -0.670. The Kier molecular flexibility index (Phi) is 3.22. The van der Waals surface area contributed by atoms with E-state index in [0.29, 0.717) is 18.0 Å². The molecule has 0 atom stereocenters. The average molecular weight is 245 g/mol. The van der Waals surface area contributed by atoms with Crippen molar-refractivity contribution in [2.24, 2.45) is 0 Å². The summed E-state index contributed by atoms with van der Waals surface area (Å²) in [6, 6.07) is 0.